The molecule has 0 radical (unpaired) electrons. The second kappa shape index (κ2) is 9.80. The Kier molecular flexibility index (Phi) is 6.94. The van der Waals surface area contributed by atoms with Crippen LogP contribution in [-0.4, -0.2) is 40.1 Å². The average Bonchev–Trinajstić information content (AvgIpc) is 2.82. The van der Waals surface area contributed by atoms with Crippen LogP contribution in [0.3, 0.4) is 0 Å². The van der Waals surface area contributed by atoms with Gasteiger partial charge in [-0.3, -0.25) is 4.79 Å². The lowest BCUT2D eigenvalue weighted by molar-refractivity contribution is -0.137. The smallest absolute Gasteiger partial charge is 0.364 e. The summed E-state index contributed by atoms with van der Waals surface area (Å²) in [5, 5.41) is 4.74. The fourth-order valence-corrected chi connectivity index (χ4v) is 3.91. The lowest BCUT2D eigenvalue weighted by Crippen LogP contribution is -2.33. The van der Waals surface area contributed by atoms with Crippen LogP contribution in [0.4, 0.5) is 43.7 Å². The Morgan fingerprint density at radius 2 is 1.83 bits per heavy atom. The van der Waals surface area contributed by atoms with Gasteiger partial charge in [-0.05, 0) is 36.8 Å². The average molecular weight is 531 g/mol. The van der Waals surface area contributed by atoms with Crippen LogP contribution in [0.2, 0.25) is 5.02 Å². The molecule has 2 aromatic heterocycles. The molecule has 0 aliphatic carbocycles. The Labute approximate surface area is 205 Å². The third-order valence-corrected chi connectivity index (χ3v) is 5.65. The number of halogens is 7. The van der Waals surface area contributed by atoms with Gasteiger partial charge in [0.05, 0.1) is 34.1 Å². The van der Waals surface area contributed by atoms with E-state index in [1.165, 1.54) is 24.5 Å². The molecule has 1 aliphatic rings. The predicted octanol–water partition coefficient (Wildman–Crippen LogP) is 5.14. The van der Waals surface area contributed by atoms with E-state index < -0.39 is 30.4 Å². The molecule has 4 rings (SSSR count). The van der Waals surface area contributed by atoms with Crippen LogP contribution in [0.15, 0.2) is 42.9 Å². The lowest BCUT2D eigenvalue weighted by atomic mass is 10.0. The number of pyridine rings is 1. The highest BCUT2D eigenvalue weighted by Crippen LogP contribution is 2.37. The number of nitrogens with zero attached hydrogens (tertiary/aromatic N) is 4. The van der Waals surface area contributed by atoms with E-state index in [0.29, 0.717) is 36.0 Å². The molecule has 1 amide bonds. The highest BCUT2D eigenvalue weighted by molar-refractivity contribution is 6.33. The van der Waals surface area contributed by atoms with E-state index in [2.05, 4.69) is 20.3 Å². The number of amides is 1. The molecule has 0 spiro atoms. The molecule has 3 heterocycles. The zero-order valence-electron chi connectivity index (χ0n) is 18.2. The maximum absolute atomic E-state index is 12.9. The molecule has 0 bridgehead atoms. The Bertz CT molecular complexity index is 1270. The van der Waals surface area contributed by atoms with E-state index in [1.54, 1.807) is 5.32 Å². The largest absolute Gasteiger partial charge is 0.416 e. The topological polar surface area (TPSA) is 83.0 Å². The maximum Gasteiger partial charge on any atom is 0.416 e. The molecule has 0 fully saturated rings. The first-order valence-electron chi connectivity index (χ1n) is 10.4. The van der Waals surface area contributed by atoms with E-state index >= 15 is 0 Å². The van der Waals surface area contributed by atoms with Gasteiger partial charge in [-0.2, -0.15) is 26.3 Å². The summed E-state index contributed by atoms with van der Waals surface area (Å²) < 4.78 is 75.6. The van der Waals surface area contributed by atoms with Gasteiger partial charge in [0, 0.05) is 18.3 Å². The summed E-state index contributed by atoms with van der Waals surface area (Å²) in [6.45, 7) is -0.733. The second-order valence-corrected chi connectivity index (χ2v) is 8.25. The Balaban J connectivity index is 1.46. The van der Waals surface area contributed by atoms with Gasteiger partial charge < -0.3 is 15.5 Å². The normalized spacial score (nSPS) is 13.8. The minimum atomic E-state index is -4.52. The van der Waals surface area contributed by atoms with Crippen LogP contribution in [-0.2, 0) is 19.1 Å². The molecule has 0 saturated heterocycles. The van der Waals surface area contributed by atoms with E-state index in [-0.39, 0.29) is 17.1 Å². The third kappa shape index (κ3) is 5.96. The van der Waals surface area contributed by atoms with Crippen molar-refractivity contribution < 1.29 is 31.1 Å². The van der Waals surface area contributed by atoms with Crippen LogP contribution in [0.5, 0.6) is 0 Å². The number of nitrogens with one attached hydrogen (secondary N) is 2. The molecule has 14 heteroatoms. The summed E-state index contributed by atoms with van der Waals surface area (Å²) in [7, 11) is 0. The van der Waals surface area contributed by atoms with Crippen molar-refractivity contribution in [1.29, 1.82) is 0 Å². The van der Waals surface area contributed by atoms with E-state index in [4.69, 9.17) is 11.6 Å². The highest BCUT2D eigenvalue weighted by atomic mass is 35.5. The molecule has 2 N–H and O–H groups in total. The van der Waals surface area contributed by atoms with E-state index in [0.717, 1.165) is 23.9 Å². The molecule has 1 aromatic carbocycles. The number of benzene rings is 1. The summed E-state index contributed by atoms with van der Waals surface area (Å²) in [5.74, 6) is -0.163. The Morgan fingerprint density at radius 1 is 1.06 bits per heavy atom. The van der Waals surface area contributed by atoms with Gasteiger partial charge in [0.1, 0.15) is 24.5 Å². The summed E-state index contributed by atoms with van der Waals surface area (Å²) in [5.41, 5.74) is 0.977. The number of anilines is 3. The van der Waals surface area contributed by atoms with Gasteiger partial charge in [-0.1, -0.05) is 11.6 Å². The van der Waals surface area contributed by atoms with Crippen LogP contribution in [0.25, 0.3) is 0 Å². The molecule has 1 aliphatic heterocycles. The van der Waals surface area contributed by atoms with Crippen molar-refractivity contribution in [3.05, 3.63) is 70.3 Å². The third-order valence-electron chi connectivity index (χ3n) is 5.34. The predicted molar refractivity (Wildman–Crippen MR) is 119 cm³/mol. The van der Waals surface area contributed by atoms with E-state index in [1.807, 2.05) is 4.90 Å². The van der Waals surface area contributed by atoms with Gasteiger partial charge in [0.25, 0.3) is 5.91 Å². The molecular weight excluding hydrogens is 514 g/mol. The number of rotatable bonds is 5. The highest BCUT2D eigenvalue weighted by Gasteiger charge is 2.32. The summed E-state index contributed by atoms with van der Waals surface area (Å²) in [4.78, 5) is 26.2. The van der Waals surface area contributed by atoms with E-state index in [9.17, 15) is 31.1 Å². The molecule has 190 valence electrons. The first-order chi connectivity index (χ1) is 16.9. The first kappa shape index (κ1) is 25.5. The van der Waals surface area contributed by atoms with Crippen molar-refractivity contribution >= 4 is 34.8 Å². The Hall–Kier alpha value is -3.61. The molecular formula is C22H17ClF6N6O. The first-order valence-corrected chi connectivity index (χ1v) is 10.8. The van der Waals surface area contributed by atoms with Crippen molar-refractivity contribution in [3.63, 3.8) is 0 Å². The standard InChI is InChI=1S/C22H17ClF6N6O/c23-15-7-13(22(27,28)29)2-3-17(15)35-6-5-14-16(9-35)32-11-33-19(14)34-18-4-1-12(8-30-18)20(36)31-10-21(24,25)26/h1-4,7-8,11H,5-6,9-10H2,(H,31,36)(H,30,32,33,34). The number of aromatic nitrogens is 3. The zero-order chi connectivity index (χ0) is 26.1. The van der Waals surface area contributed by atoms with Crippen molar-refractivity contribution in [1.82, 2.24) is 20.3 Å². The number of carbonyl (C=O) groups excluding carboxylic acids is 1. The maximum atomic E-state index is 12.9. The van der Waals surface area contributed by atoms with Gasteiger partial charge in [0.2, 0.25) is 0 Å². The number of carbonyl (C=O) groups is 1. The van der Waals surface area contributed by atoms with Crippen LogP contribution in [0.1, 0.15) is 27.2 Å². The van der Waals surface area contributed by atoms with Gasteiger partial charge in [-0.25, -0.2) is 15.0 Å². The fraction of sp³-hybridized carbons (Fsp3) is 0.273. The molecule has 0 unspecified atom stereocenters. The molecule has 3 aromatic rings. The van der Waals surface area contributed by atoms with Crippen LogP contribution in [0, 0.1) is 0 Å². The number of hydrogen-bond donors (Lipinski definition) is 2. The minimum Gasteiger partial charge on any atom is -0.364 e. The minimum absolute atomic E-state index is 0.0239. The fourth-order valence-electron chi connectivity index (χ4n) is 3.61. The van der Waals surface area contributed by atoms with Gasteiger partial charge in [-0.15, -0.1) is 0 Å². The molecule has 0 atom stereocenters. The summed E-state index contributed by atoms with van der Waals surface area (Å²) in [6, 6.07) is 5.93. The van der Waals surface area contributed by atoms with Crippen LogP contribution < -0.4 is 15.5 Å². The summed E-state index contributed by atoms with van der Waals surface area (Å²) in [6.07, 6.45) is -6.12. The van der Waals surface area contributed by atoms with Crippen molar-refractivity contribution in [3.8, 4) is 0 Å². The zero-order valence-corrected chi connectivity index (χ0v) is 19.0. The number of hydrogen-bond acceptors (Lipinski definition) is 6. The number of alkyl halides is 6. The second-order valence-electron chi connectivity index (χ2n) is 7.84. The Morgan fingerprint density at radius 3 is 2.47 bits per heavy atom. The quantitative estimate of drug-likeness (QED) is 0.444. The lowest BCUT2D eigenvalue weighted by Gasteiger charge is -2.31. The van der Waals surface area contributed by atoms with Gasteiger partial charge >= 0.3 is 12.4 Å². The van der Waals surface area contributed by atoms with Crippen LogP contribution >= 0.6 is 11.6 Å². The van der Waals surface area contributed by atoms with Crippen molar-refractivity contribution in [2.24, 2.45) is 0 Å². The number of fused-ring (bicyclic) bond motifs is 1. The molecule has 7 nitrogen and oxygen atoms in total. The van der Waals surface area contributed by atoms with Crippen molar-refractivity contribution in [2.75, 3.05) is 23.3 Å². The molecule has 0 saturated carbocycles. The monoisotopic (exact) mass is 530 g/mol. The molecule has 36 heavy (non-hydrogen) atoms. The van der Waals surface area contributed by atoms with Gasteiger partial charge in [0.15, 0.2) is 0 Å². The van der Waals surface area contributed by atoms with Crippen molar-refractivity contribution in [2.45, 2.75) is 25.3 Å². The SMILES string of the molecule is O=C(NCC(F)(F)F)c1ccc(Nc2ncnc3c2CCN(c2ccc(C(F)(F)F)cc2Cl)C3)nc1. The summed E-state index contributed by atoms with van der Waals surface area (Å²) >= 11 is 6.13.